The van der Waals surface area contributed by atoms with E-state index in [-0.39, 0.29) is 18.2 Å². The molecule has 0 saturated carbocycles. The van der Waals surface area contributed by atoms with Gasteiger partial charge in [0.05, 0.1) is 19.1 Å². The first-order chi connectivity index (χ1) is 19.4. The molecular formula is C31H34B2N2O5. The van der Waals surface area contributed by atoms with Crippen molar-refractivity contribution < 1.29 is 24.0 Å². The lowest BCUT2D eigenvalue weighted by atomic mass is 9.56. The van der Waals surface area contributed by atoms with Crippen LogP contribution in [-0.4, -0.2) is 44.2 Å². The number of amides is 2. The molecule has 4 rings (SSSR count). The van der Waals surface area contributed by atoms with Crippen molar-refractivity contribution in [3.05, 3.63) is 114 Å². The fourth-order valence-electron chi connectivity index (χ4n) is 4.72. The van der Waals surface area contributed by atoms with Gasteiger partial charge in [0, 0.05) is 35.0 Å². The molecule has 0 saturated heterocycles. The summed E-state index contributed by atoms with van der Waals surface area (Å²) in [4.78, 5) is 27.2. The van der Waals surface area contributed by atoms with E-state index in [1.54, 1.807) is 18.0 Å². The van der Waals surface area contributed by atoms with Gasteiger partial charge in [0.1, 0.15) is 21.4 Å². The van der Waals surface area contributed by atoms with Crippen molar-refractivity contribution in [1.29, 1.82) is 0 Å². The Morgan fingerprint density at radius 1 is 0.875 bits per heavy atom. The van der Waals surface area contributed by atoms with Gasteiger partial charge in [0.15, 0.2) is 0 Å². The summed E-state index contributed by atoms with van der Waals surface area (Å²) in [5.41, 5.74) is 6.14. The number of hydroxylamine groups is 1. The van der Waals surface area contributed by atoms with Gasteiger partial charge >= 0.3 is 0 Å². The first-order valence-corrected chi connectivity index (χ1v) is 13.5. The van der Waals surface area contributed by atoms with Crippen LogP contribution >= 0.6 is 0 Å². The topological polar surface area (TPSA) is 92.0 Å². The molecule has 9 heteroatoms. The number of carbonyl (C=O) groups excluding carboxylic acids is 2. The van der Waals surface area contributed by atoms with Gasteiger partial charge in [-0.2, -0.15) is 0 Å². The number of hydrogen-bond acceptors (Lipinski definition) is 5. The van der Waals surface area contributed by atoms with E-state index in [9.17, 15) is 9.59 Å². The van der Waals surface area contributed by atoms with Crippen LogP contribution in [0.5, 0.6) is 5.75 Å². The Labute approximate surface area is 236 Å². The molecule has 0 fully saturated rings. The number of benzene rings is 3. The van der Waals surface area contributed by atoms with Gasteiger partial charge in [0.2, 0.25) is 5.91 Å². The number of hydrogen-bond donors (Lipinski definition) is 2. The maximum atomic E-state index is 14.1. The highest BCUT2D eigenvalue weighted by Gasteiger charge is 2.35. The number of nitrogens with one attached hydrogen (secondary N) is 1. The quantitative estimate of drug-likeness (QED) is 0.116. The van der Waals surface area contributed by atoms with Crippen LogP contribution in [0.4, 0.5) is 0 Å². The van der Waals surface area contributed by atoms with E-state index >= 15 is 0 Å². The summed E-state index contributed by atoms with van der Waals surface area (Å²) in [5, 5.41) is 7.94. The lowest BCUT2D eigenvalue weighted by Gasteiger charge is -2.41. The number of unbranched alkanes of at least 4 members (excludes halogenated alkanes) is 2. The maximum absolute atomic E-state index is 14.1. The van der Waals surface area contributed by atoms with E-state index in [2.05, 4.69) is 0 Å². The fourth-order valence-corrected chi connectivity index (χ4v) is 4.72. The Morgan fingerprint density at radius 3 is 2.30 bits per heavy atom. The SMILES string of the molecule is BC(B)(c1ccccc1OCCCCCC(=O)NO)N(Cc1ccccc1)C(=O)c1ccc(-c2ccoc2)cc1. The minimum absolute atomic E-state index is 0.0791. The van der Waals surface area contributed by atoms with E-state index in [1.165, 1.54) is 0 Å². The van der Waals surface area contributed by atoms with Crippen molar-refractivity contribution in [3.8, 4) is 16.9 Å². The molecule has 1 aromatic heterocycles. The van der Waals surface area contributed by atoms with Crippen LogP contribution in [0.1, 0.15) is 47.2 Å². The number of rotatable bonds is 13. The fraction of sp³-hybridized carbons (Fsp3) is 0.226. The normalized spacial score (nSPS) is 11.1. The van der Waals surface area contributed by atoms with Crippen molar-refractivity contribution in [2.24, 2.45) is 0 Å². The predicted molar refractivity (Wildman–Crippen MR) is 160 cm³/mol. The number of para-hydroxylation sites is 1. The average Bonchev–Trinajstić information content (AvgIpc) is 3.53. The lowest BCUT2D eigenvalue weighted by Crippen LogP contribution is -2.50. The van der Waals surface area contributed by atoms with Crippen molar-refractivity contribution in [2.75, 3.05) is 6.61 Å². The molecule has 40 heavy (non-hydrogen) atoms. The Bertz CT molecular complexity index is 1380. The number of carbonyl (C=O) groups is 2. The molecule has 2 N–H and O–H groups in total. The van der Waals surface area contributed by atoms with Crippen molar-refractivity contribution in [2.45, 2.75) is 37.6 Å². The molecule has 0 aliphatic carbocycles. The molecule has 0 radical (unpaired) electrons. The van der Waals surface area contributed by atoms with Crippen LogP contribution in [0, 0.1) is 0 Å². The third-order valence-electron chi connectivity index (χ3n) is 7.07. The van der Waals surface area contributed by atoms with Gasteiger partial charge in [0.25, 0.3) is 5.91 Å². The summed E-state index contributed by atoms with van der Waals surface area (Å²) >= 11 is 0. The Kier molecular flexibility index (Phi) is 9.86. The first kappa shape index (κ1) is 28.8. The third kappa shape index (κ3) is 7.24. The van der Waals surface area contributed by atoms with E-state index in [0.29, 0.717) is 25.1 Å². The molecule has 3 aromatic carbocycles. The van der Waals surface area contributed by atoms with Crippen LogP contribution in [-0.2, 0) is 16.7 Å². The van der Waals surface area contributed by atoms with Gasteiger partial charge in [-0.05, 0) is 54.7 Å². The van der Waals surface area contributed by atoms with Crippen LogP contribution in [0.15, 0.2) is 102 Å². The molecule has 7 nitrogen and oxygen atoms in total. The monoisotopic (exact) mass is 536 g/mol. The molecule has 0 bridgehead atoms. The molecule has 2 amide bonds. The van der Waals surface area contributed by atoms with E-state index in [1.807, 2.05) is 106 Å². The zero-order chi connectivity index (χ0) is 28.4. The van der Waals surface area contributed by atoms with Gasteiger partial charge in [-0.25, -0.2) is 5.48 Å². The molecular weight excluding hydrogens is 502 g/mol. The van der Waals surface area contributed by atoms with Crippen molar-refractivity contribution in [3.63, 3.8) is 0 Å². The smallest absolute Gasteiger partial charge is 0.253 e. The van der Waals surface area contributed by atoms with Crippen molar-refractivity contribution >= 4 is 27.5 Å². The minimum Gasteiger partial charge on any atom is -0.493 e. The van der Waals surface area contributed by atoms with Crippen LogP contribution < -0.4 is 10.2 Å². The van der Waals surface area contributed by atoms with Crippen LogP contribution in [0.2, 0.25) is 0 Å². The molecule has 0 spiro atoms. The van der Waals surface area contributed by atoms with Gasteiger partial charge in [-0.3, -0.25) is 14.8 Å². The summed E-state index contributed by atoms with van der Waals surface area (Å²) < 4.78 is 11.4. The average molecular weight is 536 g/mol. The number of ether oxygens (including phenoxy) is 1. The highest BCUT2D eigenvalue weighted by Crippen LogP contribution is 2.33. The van der Waals surface area contributed by atoms with Crippen LogP contribution in [0.25, 0.3) is 11.1 Å². The standard InChI is InChI=1S/C31H34B2N2O5/c32-31(33,27-11-6-7-12-28(27)40-19-8-2-5-13-29(36)34-38)35(21-23-9-3-1-4-10-23)30(37)25-16-14-24(15-17-25)26-18-20-39-22-26/h1,3-4,6-7,9-12,14-18,20,22,38H,2,5,8,13,19,21,32-33H2,(H,34,36). The Hall–Kier alpha value is -4.23. The molecule has 0 aliphatic rings. The summed E-state index contributed by atoms with van der Waals surface area (Å²) in [6.07, 6.45) is 5.83. The highest BCUT2D eigenvalue weighted by molar-refractivity contribution is 6.41. The van der Waals surface area contributed by atoms with Crippen LogP contribution in [0.3, 0.4) is 0 Å². The van der Waals surface area contributed by atoms with E-state index < -0.39 is 5.34 Å². The summed E-state index contributed by atoms with van der Waals surface area (Å²) in [5.74, 6) is 0.263. The second-order valence-corrected chi connectivity index (χ2v) is 10.2. The maximum Gasteiger partial charge on any atom is 0.253 e. The Morgan fingerprint density at radius 2 is 1.60 bits per heavy atom. The number of furan rings is 1. The highest BCUT2D eigenvalue weighted by atomic mass is 16.5. The predicted octanol–water partition coefficient (Wildman–Crippen LogP) is 4.11. The van der Waals surface area contributed by atoms with Gasteiger partial charge < -0.3 is 14.1 Å². The van der Waals surface area contributed by atoms with Crippen molar-refractivity contribution in [1.82, 2.24) is 10.4 Å². The molecule has 0 unspecified atom stereocenters. The van der Waals surface area contributed by atoms with E-state index in [0.717, 1.165) is 40.8 Å². The van der Waals surface area contributed by atoms with Gasteiger partial charge in [-0.1, -0.05) is 60.7 Å². The number of nitrogens with zero attached hydrogens (tertiary/aromatic N) is 1. The molecule has 204 valence electrons. The first-order valence-electron chi connectivity index (χ1n) is 13.5. The molecule has 1 heterocycles. The summed E-state index contributed by atoms with van der Waals surface area (Å²) in [6, 6.07) is 27.3. The summed E-state index contributed by atoms with van der Waals surface area (Å²) in [7, 11) is 4.09. The lowest BCUT2D eigenvalue weighted by molar-refractivity contribution is -0.129. The third-order valence-corrected chi connectivity index (χ3v) is 7.07. The van der Waals surface area contributed by atoms with E-state index in [4.69, 9.17) is 14.4 Å². The largest absolute Gasteiger partial charge is 0.493 e. The Balaban J connectivity index is 1.56. The summed E-state index contributed by atoms with van der Waals surface area (Å²) in [6.45, 7) is 0.910. The van der Waals surface area contributed by atoms with Gasteiger partial charge in [-0.15, -0.1) is 0 Å². The molecule has 0 aliphatic heterocycles. The second kappa shape index (κ2) is 13.7. The molecule has 0 atom stereocenters. The second-order valence-electron chi connectivity index (χ2n) is 10.2. The zero-order valence-corrected chi connectivity index (χ0v) is 23.0. The zero-order valence-electron chi connectivity index (χ0n) is 23.0. The molecule has 4 aromatic rings. The minimum atomic E-state index is -0.702.